The van der Waals surface area contributed by atoms with Crippen molar-refractivity contribution in [2.45, 2.75) is 24.1 Å². The Balaban J connectivity index is 2.01. The molecule has 0 amide bonds. The van der Waals surface area contributed by atoms with E-state index in [1.807, 2.05) is 42.5 Å². The summed E-state index contributed by atoms with van der Waals surface area (Å²) in [6.07, 6.45) is 5.01. The minimum atomic E-state index is -0.455. The van der Waals surface area contributed by atoms with Crippen molar-refractivity contribution in [3.63, 3.8) is 0 Å². The first-order valence-electron chi connectivity index (χ1n) is 7.26. The second kappa shape index (κ2) is 6.41. The second-order valence-corrected chi connectivity index (χ2v) is 5.88. The molecule has 2 atom stereocenters. The van der Waals surface area contributed by atoms with Gasteiger partial charge in [-0.1, -0.05) is 12.1 Å². The van der Waals surface area contributed by atoms with Crippen molar-refractivity contribution in [1.82, 2.24) is 0 Å². The summed E-state index contributed by atoms with van der Waals surface area (Å²) < 4.78 is 10.7. The number of rotatable bonds is 3. The van der Waals surface area contributed by atoms with Crippen LogP contribution in [0.5, 0.6) is 5.75 Å². The maximum absolute atomic E-state index is 12.5. The molecule has 3 rings (SSSR count). The Bertz CT molecular complexity index is 688. The highest BCUT2D eigenvalue weighted by Crippen LogP contribution is 2.38. The molecule has 4 heteroatoms. The van der Waals surface area contributed by atoms with Gasteiger partial charge >= 0.3 is 0 Å². The fourth-order valence-corrected chi connectivity index (χ4v) is 3.07. The first-order chi connectivity index (χ1) is 10.7. The standard InChI is InChI=1S/C18H17ClO3/c1-21-13-5-2-4-12(10-13)11-15-14(17-6-3-9-22-17)7-8-16(19)18(15)20/h2-6,9-11,14,16H,7-8H2,1H3. The smallest absolute Gasteiger partial charge is 0.177 e. The van der Waals surface area contributed by atoms with Gasteiger partial charge in [0, 0.05) is 11.5 Å². The van der Waals surface area contributed by atoms with E-state index < -0.39 is 5.38 Å². The van der Waals surface area contributed by atoms with Gasteiger partial charge in [0.15, 0.2) is 5.78 Å². The van der Waals surface area contributed by atoms with Gasteiger partial charge in [-0.15, -0.1) is 11.6 Å². The molecule has 0 saturated heterocycles. The average Bonchev–Trinajstić information content (AvgIpc) is 3.06. The van der Waals surface area contributed by atoms with Crippen LogP contribution in [-0.4, -0.2) is 18.3 Å². The van der Waals surface area contributed by atoms with E-state index in [0.717, 1.165) is 23.5 Å². The summed E-state index contributed by atoms with van der Waals surface area (Å²) in [6.45, 7) is 0. The van der Waals surface area contributed by atoms with Crippen LogP contribution >= 0.6 is 11.6 Å². The predicted molar refractivity (Wildman–Crippen MR) is 86.3 cm³/mol. The van der Waals surface area contributed by atoms with Gasteiger partial charge in [-0.2, -0.15) is 0 Å². The molecule has 0 aliphatic heterocycles. The number of halogens is 1. The van der Waals surface area contributed by atoms with Crippen LogP contribution in [0.4, 0.5) is 0 Å². The number of carbonyl (C=O) groups excluding carboxylic acids is 1. The van der Waals surface area contributed by atoms with Crippen LogP contribution in [-0.2, 0) is 4.79 Å². The summed E-state index contributed by atoms with van der Waals surface area (Å²) in [7, 11) is 1.62. The lowest BCUT2D eigenvalue weighted by molar-refractivity contribution is -0.116. The van der Waals surface area contributed by atoms with E-state index in [9.17, 15) is 4.79 Å². The summed E-state index contributed by atoms with van der Waals surface area (Å²) >= 11 is 6.17. The molecule has 2 unspecified atom stereocenters. The summed E-state index contributed by atoms with van der Waals surface area (Å²) in [4.78, 5) is 12.5. The first kappa shape index (κ1) is 14.9. The zero-order chi connectivity index (χ0) is 15.5. The Morgan fingerprint density at radius 1 is 1.27 bits per heavy atom. The second-order valence-electron chi connectivity index (χ2n) is 5.35. The quantitative estimate of drug-likeness (QED) is 0.621. The summed E-state index contributed by atoms with van der Waals surface area (Å²) in [5, 5.41) is -0.455. The van der Waals surface area contributed by atoms with Crippen molar-refractivity contribution in [2.75, 3.05) is 7.11 Å². The van der Waals surface area contributed by atoms with Crippen molar-refractivity contribution in [3.8, 4) is 5.75 Å². The van der Waals surface area contributed by atoms with Gasteiger partial charge < -0.3 is 9.15 Å². The van der Waals surface area contributed by atoms with E-state index >= 15 is 0 Å². The molecule has 22 heavy (non-hydrogen) atoms. The zero-order valence-corrected chi connectivity index (χ0v) is 13.0. The lowest BCUT2D eigenvalue weighted by atomic mass is 9.80. The largest absolute Gasteiger partial charge is 0.497 e. The van der Waals surface area contributed by atoms with Crippen molar-refractivity contribution in [2.24, 2.45) is 0 Å². The fraction of sp³-hybridized carbons (Fsp3) is 0.278. The van der Waals surface area contributed by atoms with E-state index in [1.165, 1.54) is 0 Å². The molecule has 3 nitrogen and oxygen atoms in total. The number of alkyl halides is 1. The van der Waals surface area contributed by atoms with Crippen molar-refractivity contribution >= 4 is 23.5 Å². The SMILES string of the molecule is COc1cccc(C=C2C(=O)C(Cl)CCC2c2ccco2)c1. The predicted octanol–water partition coefficient (Wildman–Crippen LogP) is 4.43. The van der Waals surface area contributed by atoms with Crippen LogP contribution in [0.3, 0.4) is 0 Å². The number of carbonyl (C=O) groups is 1. The molecule has 0 bridgehead atoms. The summed E-state index contributed by atoms with van der Waals surface area (Å²) in [5.74, 6) is 1.52. The molecule has 2 aromatic rings. The monoisotopic (exact) mass is 316 g/mol. The topological polar surface area (TPSA) is 39.4 Å². The van der Waals surface area contributed by atoms with Crippen molar-refractivity contribution in [3.05, 3.63) is 59.6 Å². The third kappa shape index (κ3) is 2.95. The highest BCUT2D eigenvalue weighted by atomic mass is 35.5. The molecule has 114 valence electrons. The third-order valence-electron chi connectivity index (χ3n) is 3.96. The lowest BCUT2D eigenvalue weighted by Gasteiger charge is -2.26. The van der Waals surface area contributed by atoms with Gasteiger partial charge in [-0.25, -0.2) is 0 Å². The molecule has 1 aromatic carbocycles. The number of ether oxygens (including phenoxy) is 1. The number of hydrogen-bond donors (Lipinski definition) is 0. The molecule has 1 aliphatic rings. The Kier molecular flexibility index (Phi) is 4.34. The average molecular weight is 317 g/mol. The number of furan rings is 1. The number of methoxy groups -OCH3 is 1. The molecule has 0 radical (unpaired) electrons. The van der Waals surface area contributed by atoms with E-state index in [0.29, 0.717) is 12.0 Å². The van der Waals surface area contributed by atoms with Crippen LogP contribution in [0.15, 0.2) is 52.7 Å². The third-order valence-corrected chi connectivity index (χ3v) is 4.37. The Hall–Kier alpha value is -2.00. The van der Waals surface area contributed by atoms with Crippen LogP contribution in [0, 0.1) is 0 Å². The van der Waals surface area contributed by atoms with Gasteiger partial charge in [0.1, 0.15) is 11.5 Å². The van der Waals surface area contributed by atoms with Crippen LogP contribution in [0.2, 0.25) is 0 Å². The molecular weight excluding hydrogens is 300 g/mol. The number of benzene rings is 1. The number of ketones is 1. The molecule has 0 N–H and O–H groups in total. The van der Waals surface area contributed by atoms with Crippen LogP contribution in [0.1, 0.15) is 30.1 Å². The van der Waals surface area contributed by atoms with Crippen molar-refractivity contribution in [1.29, 1.82) is 0 Å². The van der Waals surface area contributed by atoms with Gasteiger partial charge in [0.2, 0.25) is 0 Å². The fourth-order valence-electron chi connectivity index (χ4n) is 2.82. The summed E-state index contributed by atoms with van der Waals surface area (Å²) in [6, 6.07) is 11.4. The number of hydrogen-bond acceptors (Lipinski definition) is 3. The van der Waals surface area contributed by atoms with Crippen LogP contribution in [0.25, 0.3) is 6.08 Å². The van der Waals surface area contributed by atoms with Crippen LogP contribution < -0.4 is 4.74 Å². The molecular formula is C18H17ClO3. The van der Waals surface area contributed by atoms with E-state index in [2.05, 4.69) is 0 Å². The minimum absolute atomic E-state index is 0.0165. The van der Waals surface area contributed by atoms with E-state index in [4.69, 9.17) is 20.8 Å². The Morgan fingerprint density at radius 3 is 2.86 bits per heavy atom. The number of Topliss-reactive ketones (excluding diaryl/α,β-unsaturated/α-hetero) is 1. The minimum Gasteiger partial charge on any atom is -0.497 e. The molecule has 1 aliphatic carbocycles. The van der Waals surface area contributed by atoms with Gasteiger partial charge in [0.25, 0.3) is 0 Å². The maximum atomic E-state index is 12.5. The zero-order valence-electron chi connectivity index (χ0n) is 12.3. The summed E-state index contributed by atoms with van der Waals surface area (Å²) in [5.41, 5.74) is 1.62. The van der Waals surface area contributed by atoms with Gasteiger partial charge in [0.05, 0.1) is 18.8 Å². The molecule has 1 aromatic heterocycles. The van der Waals surface area contributed by atoms with Crippen molar-refractivity contribution < 1.29 is 13.9 Å². The maximum Gasteiger partial charge on any atom is 0.177 e. The Morgan fingerprint density at radius 2 is 2.14 bits per heavy atom. The Labute approximate surface area is 134 Å². The van der Waals surface area contributed by atoms with E-state index in [1.54, 1.807) is 13.4 Å². The van der Waals surface area contributed by atoms with Gasteiger partial charge in [-0.3, -0.25) is 4.79 Å². The molecule has 1 saturated carbocycles. The molecule has 1 fully saturated rings. The molecule has 1 heterocycles. The van der Waals surface area contributed by atoms with Gasteiger partial charge in [-0.05, 0) is 48.7 Å². The first-order valence-corrected chi connectivity index (χ1v) is 7.70. The lowest BCUT2D eigenvalue weighted by Crippen LogP contribution is -2.27. The normalized spacial score (nSPS) is 23.7. The highest BCUT2D eigenvalue weighted by Gasteiger charge is 2.34. The number of allylic oxidation sites excluding steroid dienone is 1. The van der Waals surface area contributed by atoms with E-state index in [-0.39, 0.29) is 11.7 Å². The molecule has 0 spiro atoms. The highest BCUT2D eigenvalue weighted by molar-refractivity contribution is 6.34.